The summed E-state index contributed by atoms with van der Waals surface area (Å²) in [5.41, 5.74) is 3.60. The number of aliphatic hydroxyl groups is 1. The number of aryl methyl sites for hydroxylation is 1. The fourth-order valence-corrected chi connectivity index (χ4v) is 2.54. The van der Waals surface area contributed by atoms with Gasteiger partial charge < -0.3 is 10.4 Å². The molecule has 3 heteroatoms. The summed E-state index contributed by atoms with van der Waals surface area (Å²) in [6.45, 7) is 2.94. The summed E-state index contributed by atoms with van der Waals surface area (Å²) in [5, 5.41) is 12.9. The van der Waals surface area contributed by atoms with E-state index in [1.165, 1.54) is 11.1 Å². The molecule has 0 fully saturated rings. The lowest BCUT2D eigenvalue weighted by Gasteiger charge is -2.17. The van der Waals surface area contributed by atoms with Gasteiger partial charge in [0.15, 0.2) is 0 Å². The van der Waals surface area contributed by atoms with Gasteiger partial charge in [-0.05, 0) is 35.7 Å². The number of hydrogen-bond acceptors (Lipinski definition) is 2. The van der Waals surface area contributed by atoms with E-state index in [1.807, 2.05) is 36.4 Å². The molecule has 2 N–H and O–H groups in total. The molecule has 0 aromatic heterocycles. The zero-order chi connectivity index (χ0) is 13.7. The van der Waals surface area contributed by atoms with Gasteiger partial charge in [-0.15, -0.1) is 0 Å². The maximum absolute atomic E-state index is 9.50. The van der Waals surface area contributed by atoms with Crippen LogP contribution in [0.4, 0.5) is 0 Å². The van der Waals surface area contributed by atoms with Gasteiger partial charge in [0.25, 0.3) is 0 Å². The molecule has 0 saturated carbocycles. The topological polar surface area (TPSA) is 32.3 Å². The zero-order valence-electron chi connectivity index (χ0n) is 10.9. The Bertz CT molecular complexity index is 528. The average molecular weight is 320 g/mol. The number of rotatable bonds is 5. The van der Waals surface area contributed by atoms with Crippen molar-refractivity contribution in [2.75, 3.05) is 6.61 Å². The van der Waals surface area contributed by atoms with E-state index in [0.717, 1.165) is 16.6 Å². The third-order valence-electron chi connectivity index (χ3n) is 3.23. The summed E-state index contributed by atoms with van der Waals surface area (Å²) in [6, 6.07) is 16.3. The molecule has 0 saturated heterocycles. The van der Waals surface area contributed by atoms with Gasteiger partial charge in [-0.1, -0.05) is 52.3 Å². The van der Waals surface area contributed by atoms with Crippen LogP contribution in [0, 0.1) is 6.92 Å². The van der Waals surface area contributed by atoms with Gasteiger partial charge in [0, 0.05) is 11.0 Å². The molecule has 0 spiro atoms. The Hall–Kier alpha value is -1.16. The second kappa shape index (κ2) is 6.85. The van der Waals surface area contributed by atoms with Crippen molar-refractivity contribution in [3.63, 3.8) is 0 Å². The van der Waals surface area contributed by atoms with E-state index in [4.69, 9.17) is 0 Å². The first kappa shape index (κ1) is 14.3. The molecule has 0 heterocycles. The fraction of sp³-hybridized carbons (Fsp3) is 0.250. The van der Waals surface area contributed by atoms with Crippen LogP contribution in [-0.2, 0) is 6.54 Å². The van der Waals surface area contributed by atoms with Crippen molar-refractivity contribution in [1.82, 2.24) is 5.32 Å². The maximum Gasteiger partial charge on any atom is 0.0626 e. The van der Waals surface area contributed by atoms with Crippen LogP contribution >= 0.6 is 15.9 Å². The SMILES string of the molecule is Cc1cc(Br)ccc1CNC(CO)c1ccccc1. The largest absolute Gasteiger partial charge is 0.394 e. The summed E-state index contributed by atoms with van der Waals surface area (Å²) >= 11 is 3.47. The molecule has 2 aromatic rings. The summed E-state index contributed by atoms with van der Waals surface area (Å²) in [7, 11) is 0. The molecule has 1 unspecified atom stereocenters. The van der Waals surface area contributed by atoms with Gasteiger partial charge in [0.2, 0.25) is 0 Å². The third kappa shape index (κ3) is 3.90. The van der Waals surface area contributed by atoms with E-state index in [1.54, 1.807) is 0 Å². The Morgan fingerprint density at radius 1 is 1.16 bits per heavy atom. The number of halogens is 1. The van der Waals surface area contributed by atoms with E-state index in [2.05, 4.69) is 40.3 Å². The van der Waals surface area contributed by atoms with E-state index >= 15 is 0 Å². The summed E-state index contributed by atoms with van der Waals surface area (Å²) in [4.78, 5) is 0. The van der Waals surface area contributed by atoms with Crippen LogP contribution < -0.4 is 5.32 Å². The Labute approximate surface area is 122 Å². The normalized spacial score (nSPS) is 12.4. The van der Waals surface area contributed by atoms with Crippen molar-refractivity contribution in [2.24, 2.45) is 0 Å². The van der Waals surface area contributed by atoms with Crippen molar-refractivity contribution in [3.05, 3.63) is 69.7 Å². The molecular weight excluding hydrogens is 302 g/mol. The molecule has 2 aromatic carbocycles. The van der Waals surface area contributed by atoms with Crippen LogP contribution in [0.5, 0.6) is 0 Å². The average Bonchev–Trinajstić information content (AvgIpc) is 2.43. The standard InChI is InChI=1S/C16H18BrNO/c1-12-9-15(17)8-7-14(12)10-18-16(11-19)13-5-3-2-4-6-13/h2-9,16,18-19H,10-11H2,1H3. The van der Waals surface area contributed by atoms with E-state index in [0.29, 0.717) is 0 Å². The highest BCUT2D eigenvalue weighted by Gasteiger charge is 2.09. The fourth-order valence-electron chi connectivity index (χ4n) is 2.06. The van der Waals surface area contributed by atoms with Crippen LogP contribution in [0.1, 0.15) is 22.7 Å². The minimum Gasteiger partial charge on any atom is -0.394 e. The quantitative estimate of drug-likeness (QED) is 0.882. The first-order chi connectivity index (χ1) is 9.20. The smallest absolute Gasteiger partial charge is 0.0626 e. The van der Waals surface area contributed by atoms with Crippen LogP contribution in [0.25, 0.3) is 0 Å². The number of hydrogen-bond donors (Lipinski definition) is 2. The molecule has 2 rings (SSSR count). The van der Waals surface area contributed by atoms with Crippen molar-refractivity contribution in [3.8, 4) is 0 Å². The van der Waals surface area contributed by atoms with Crippen LogP contribution in [0.15, 0.2) is 53.0 Å². The third-order valence-corrected chi connectivity index (χ3v) is 3.72. The van der Waals surface area contributed by atoms with E-state index in [9.17, 15) is 5.11 Å². The molecule has 2 nitrogen and oxygen atoms in total. The zero-order valence-corrected chi connectivity index (χ0v) is 12.5. The second-order valence-electron chi connectivity index (χ2n) is 4.60. The lowest BCUT2D eigenvalue weighted by atomic mass is 10.1. The minimum atomic E-state index is -0.0238. The molecule has 0 amide bonds. The summed E-state index contributed by atoms with van der Waals surface area (Å²) in [5.74, 6) is 0. The van der Waals surface area contributed by atoms with Gasteiger partial charge in [0.1, 0.15) is 0 Å². The van der Waals surface area contributed by atoms with Gasteiger partial charge in [-0.25, -0.2) is 0 Å². The lowest BCUT2D eigenvalue weighted by Crippen LogP contribution is -2.24. The van der Waals surface area contributed by atoms with Crippen molar-refractivity contribution in [1.29, 1.82) is 0 Å². The molecule has 0 aliphatic rings. The molecule has 0 radical (unpaired) electrons. The molecule has 0 aliphatic heterocycles. The molecule has 0 bridgehead atoms. The van der Waals surface area contributed by atoms with E-state index < -0.39 is 0 Å². The summed E-state index contributed by atoms with van der Waals surface area (Å²) < 4.78 is 1.09. The molecule has 1 atom stereocenters. The van der Waals surface area contributed by atoms with E-state index in [-0.39, 0.29) is 12.6 Å². The van der Waals surface area contributed by atoms with Crippen molar-refractivity contribution < 1.29 is 5.11 Å². The Kier molecular flexibility index (Phi) is 5.14. The monoisotopic (exact) mass is 319 g/mol. The van der Waals surface area contributed by atoms with Crippen molar-refractivity contribution in [2.45, 2.75) is 19.5 Å². The minimum absolute atomic E-state index is 0.0238. The van der Waals surface area contributed by atoms with Crippen LogP contribution in [-0.4, -0.2) is 11.7 Å². The maximum atomic E-state index is 9.50. The van der Waals surface area contributed by atoms with Crippen molar-refractivity contribution >= 4 is 15.9 Å². The Morgan fingerprint density at radius 3 is 2.53 bits per heavy atom. The number of aliphatic hydroxyl groups excluding tert-OH is 1. The molecule has 0 aliphatic carbocycles. The van der Waals surface area contributed by atoms with Gasteiger partial charge >= 0.3 is 0 Å². The summed E-state index contributed by atoms with van der Waals surface area (Å²) in [6.07, 6.45) is 0. The predicted octanol–water partition coefficient (Wildman–Crippen LogP) is 3.58. The van der Waals surface area contributed by atoms with Gasteiger partial charge in [-0.3, -0.25) is 0 Å². The molecule has 100 valence electrons. The highest BCUT2D eigenvalue weighted by molar-refractivity contribution is 9.10. The number of benzene rings is 2. The first-order valence-corrected chi connectivity index (χ1v) is 7.14. The number of nitrogens with one attached hydrogen (secondary N) is 1. The molecule has 19 heavy (non-hydrogen) atoms. The second-order valence-corrected chi connectivity index (χ2v) is 5.51. The Morgan fingerprint density at radius 2 is 1.89 bits per heavy atom. The van der Waals surface area contributed by atoms with Crippen LogP contribution in [0.3, 0.4) is 0 Å². The van der Waals surface area contributed by atoms with Gasteiger partial charge in [0.05, 0.1) is 12.6 Å². The highest BCUT2D eigenvalue weighted by Crippen LogP contribution is 2.17. The first-order valence-electron chi connectivity index (χ1n) is 6.35. The lowest BCUT2D eigenvalue weighted by molar-refractivity contribution is 0.243. The molecular formula is C16H18BrNO. The highest BCUT2D eigenvalue weighted by atomic mass is 79.9. The Balaban J connectivity index is 2.04. The van der Waals surface area contributed by atoms with Gasteiger partial charge in [-0.2, -0.15) is 0 Å². The predicted molar refractivity (Wildman–Crippen MR) is 82.0 cm³/mol. The van der Waals surface area contributed by atoms with Crippen LogP contribution in [0.2, 0.25) is 0 Å².